The smallest absolute Gasteiger partial charge is 0.166 e. The lowest BCUT2D eigenvalue weighted by Gasteiger charge is -2.05. The fourth-order valence-electron chi connectivity index (χ4n) is 1.56. The highest BCUT2D eigenvalue weighted by atomic mass is 35.5. The lowest BCUT2D eigenvalue weighted by atomic mass is 10.2. The fourth-order valence-corrected chi connectivity index (χ4v) is 2.15. The topological polar surface area (TPSA) is 41.8 Å². The summed E-state index contributed by atoms with van der Waals surface area (Å²) >= 11 is 17.8. The van der Waals surface area contributed by atoms with Crippen LogP contribution < -0.4 is 4.74 Å². The molecule has 2 rings (SSSR count). The first kappa shape index (κ1) is 15.0. The quantitative estimate of drug-likeness (QED) is 0.627. The van der Waals surface area contributed by atoms with Crippen LogP contribution in [0.3, 0.4) is 0 Å². The molecule has 0 saturated heterocycles. The number of halogens is 3. The number of ether oxygens (including phenoxy) is 1. The van der Waals surface area contributed by atoms with Gasteiger partial charge in [0.1, 0.15) is 0 Å². The second kappa shape index (κ2) is 6.35. The molecule has 3 nitrogen and oxygen atoms in total. The second-order valence-electron chi connectivity index (χ2n) is 3.87. The highest BCUT2D eigenvalue weighted by Gasteiger charge is 2.07. The fraction of sp³-hybridized carbons (Fsp3) is 0.0714. The number of hydrogen-bond donors (Lipinski definition) is 1. The summed E-state index contributed by atoms with van der Waals surface area (Å²) in [5.74, 6) is 0.379. The Kier molecular flexibility index (Phi) is 4.76. The van der Waals surface area contributed by atoms with Gasteiger partial charge in [-0.2, -0.15) is 0 Å². The third-order valence-corrected chi connectivity index (χ3v) is 3.61. The molecule has 0 aliphatic rings. The van der Waals surface area contributed by atoms with Gasteiger partial charge in [-0.1, -0.05) is 40.9 Å². The highest BCUT2D eigenvalue weighted by Crippen LogP contribution is 2.34. The normalized spacial score (nSPS) is 11.0. The molecule has 2 aromatic carbocycles. The monoisotopic (exact) mass is 329 g/mol. The number of nitrogens with zero attached hydrogens (tertiary/aromatic N) is 1. The zero-order valence-electron chi connectivity index (χ0n) is 10.4. The molecule has 104 valence electrons. The van der Waals surface area contributed by atoms with Gasteiger partial charge in [-0.15, -0.1) is 0 Å². The molecule has 0 heterocycles. The molecule has 0 bridgehead atoms. The maximum absolute atomic E-state index is 9.94. The average Bonchev–Trinajstić information content (AvgIpc) is 2.43. The Balaban J connectivity index is 2.37. The molecule has 2 aromatic rings. The van der Waals surface area contributed by atoms with E-state index in [4.69, 9.17) is 39.5 Å². The van der Waals surface area contributed by atoms with Crippen molar-refractivity contribution in [3.63, 3.8) is 0 Å². The van der Waals surface area contributed by atoms with E-state index in [1.807, 2.05) is 0 Å². The van der Waals surface area contributed by atoms with Crippen LogP contribution in [0.25, 0.3) is 0 Å². The van der Waals surface area contributed by atoms with Crippen LogP contribution in [-0.4, -0.2) is 18.4 Å². The lowest BCUT2D eigenvalue weighted by molar-refractivity contribution is 0.373. The molecule has 1 N–H and O–H groups in total. The molecular formula is C14H10Cl3NO2. The third-order valence-electron chi connectivity index (χ3n) is 2.58. The van der Waals surface area contributed by atoms with Crippen molar-refractivity contribution in [1.29, 1.82) is 0 Å². The zero-order valence-corrected chi connectivity index (χ0v) is 12.7. The van der Waals surface area contributed by atoms with Crippen molar-refractivity contribution in [3.8, 4) is 11.5 Å². The van der Waals surface area contributed by atoms with Crippen molar-refractivity contribution < 1.29 is 9.84 Å². The van der Waals surface area contributed by atoms with Gasteiger partial charge in [0.05, 0.1) is 27.9 Å². The minimum absolute atomic E-state index is 0.00920. The Morgan fingerprint density at radius 2 is 1.80 bits per heavy atom. The SMILES string of the molecule is COc1cccc(C=Nc2cc(Cl)c(Cl)cc2Cl)c1O. The minimum Gasteiger partial charge on any atom is -0.504 e. The maximum Gasteiger partial charge on any atom is 0.166 e. The molecule has 20 heavy (non-hydrogen) atoms. The van der Waals surface area contributed by atoms with E-state index >= 15 is 0 Å². The first-order valence-electron chi connectivity index (χ1n) is 5.57. The Hall–Kier alpha value is -1.42. The molecule has 0 amide bonds. The van der Waals surface area contributed by atoms with E-state index in [0.717, 1.165) is 0 Å². The Morgan fingerprint density at radius 3 is 2.50 bits per heavy atom. The summed E-state index contributed by atoms with van der Waals surface area (Å²) in [6.45, 7) is 0. The molecule has 0 aliphatic carbocycles. The summed E-state index contributed by atoms with van der Waals surface area (Å²) in [6, 6.07) is 8.17. The molecule has 0 aromatic heterocycles. The summed E-state index contributed by atoms with van der Waals surface area (Å²) in [6.07, 6.45) is 1.48. The highest BCUT2D eigenvalue weighted by molar-refractivity contribution is 6.43. The second-order valence-corrected chi connectivity index (χ2v) is 5.10. The number of benzene rings is 2. The number of phenolic OH excluding ortho intramolecular Hbond substituents is 1. The van der Waals surface area contributed by atoms with Crippen molar-refractivity contribution in [2.75, 3.05) is 7.11 Å². The lowest BCUT2D eigenvalue weighted by Crippen LogP contribution is -1.88. The predicted molar refractivity (Wildman–Crippen MR) is 83.4 cm³/mol. The van der Waals surface area contributed by atoms with Crippen LogP contribution in [0.2, 0.25) is 15.1 Å². The van der Waals surface area contributed by atoms with Gasteiger partial charge in [0.25, 0.3) is 0 Å². The van der Waals surface area contributed by atoms with E-state index in [1.54, 1.807) is 24.3 Å². The number of aliphatic imine (C=N–C) groups is 1. The van der Waals surface area contributed by atoms with Gasteiger partial charge in [-0.25, -0.2) is 0 Å². The molecule has 0 unspecified atom stereocenters. The number of aromatic hydroxyl groups is 1. The summed E-state index contributed by atoms with van der Waals surface area (Å²) in [4.78, 5) is 4.20. The summed E-state index contributed by atoms with van der Waals surface area (Å²) < 4.78 is 5.02. The van der Waals surface area contributed by atoms with Crippen molar-refractivity contribution in [3.05, 3.63) is 51.0 Å². The average molecular weight is 331 g/mol. The first-order valence-corrected chi connectivity index (χ1v) is 6.71. The summed E-state index contributed by atoms with van der Waals surface area (Å²) in [5, 5.41) is 11.0. The number of phenols is 1. The molecular weight excluding hydrogens is 321 g/mol. The Labute approximate surface area is 131 Å². The van der Waals surface area contributed by atoms with Crippen LogP contribution in [0.15, 0.2) is 35.3 Å². The minimum atomic E-state index is 0.00920. The van der Waals surface area contributed by atoms with E-state index in [2.05, 4.69) is 4.99 Å². The van der Waals surface area contributed by atoms with Gasteiger partial charge >= 0.3 is 0 Å². The van der Waals surface area contributed by atoms with Crippen LogP contribution >= 0.6 is 34.8 Å². The summed E-state index contributed by atoms with van der Waals surface area (Å²) in [7, 11) is 1.48. The molecule has 0 aliphatic heterocycles. The first-order chi connectivity index (χ1) is 9.52. The van der Waals surface area contributed by atoms with Crippen LogP contribution in [0.4, 0.5) is 5.69 Å². The van der Waals surface area contributed by atoms with Gasteiger partial charge < -0.3 is 9.84 Å². The third kappa shape index (κ3) is 3.18. The Bertz CT molecular complexity index is 672. The molecule has 0 atom stereocenters. The largest absolute Gasteiger partial charge is 0.504 e. The molecule has 6 heteroatoms. The van der Waals surface area contributed by atoms with Gasteiger partial charge in [-0.05, 0) is 24.3 Å². The van der Waals surface area contributed by atoms with Crippen LogP contribution in [0.5, 0.6) is 11.5 Å². The van der Waals surface area contributed by atoms with Crippen molar-refractivity contribution >= 4 is 46.7 Å². The van der Waals surface area contributed by atoms with E-state index < -0.39 is 0 Å². The number of rotatable bonds is 3. The maximum atomic E-state index is 9.94. The van der Waals surface area contributed by atoms with E-state index in [0.29, 0.717) is 32.1 Å². The van der Waals surface area contributed by atoms with Crippen LogP contribution in [0, 0.1) is 0 Å². The molecule has 0 spiro atoms. The van der Waals surface area contributed by atoms with Gasteiger partial charge in [0, 0.05) is 11.8 Å². The standard InChI is InChI=1S/C14H10Cl3NO2/c1-20-13-4-2-3-8(14(13)19)7-18-12-6-10(16)9(15)5-11(12)17/h2-7,19H,1H3. The summed E-state index contributed by atoms with van der Waals surface area (Å²) in [5.41, 5.74) is 0.967. The van der Waals surface area contributed by atoms with Crippen LogP contribution in [-0.2, 0) is 0 Å². The van der Waals surface area contributed by atoms with Crippen molar-refractivity contribution in [2.24, 2.45) is 4.99 Å². The molecule has 0 fully saturated rings. The number of para-hydroxylation sites is 1. The number of methoxy groups -OCH3 is 1. The van der Waals surface area contributed by atoms with E-state index in [-0.39, 0.29) is 5.75 Å². The van der Waals surface area contributed by atoms with Crippen molar-refractivity contribution in [2.45, 2.75) is 0 Å². The number of hydrogen-bond acceptors (Lipinski definition) is 3. The van der Waals surface area contributed by atoms with E-state index in [9.17, 15) is 5.11 Å². The zero-order chi connectivity index (χ0) is 14.7. The van der Waals surface area contributed by atoms with Crippen LogP contribution in [0.1, 0.15) is 5.56 Å². The van der Waals surface area contributed by atoms with Crippen molar-refractivity contribution in [1.82, 2.24) is 0 Å². The van der Waals surface area contributed by atoms with E-state index in [1.165, 1.54) is 19.4 Å². The molecule has 0 radical (unpaired) electrons. The predicted octanol–water partition coefficient (Wildman–Crippen LogP) is 5.11. The van der Waals surface area contributed by atoms with Gasteiger partial charge in [-0.3, -0.25) is 4.99 Å². The van der Waals surface area contributed by atoms with Gasteiger partial charge in [0.2, 0.25) is 0 Å². The molecule has 0 saturated carbocycles. The Morgan fingerprint density at radius 1 is 1.10 bits per heavy atom. The van der Waals surface area contributed by atoms with Gasteiger partial charge in [0.15, 0.2) is 11.5 Å².